The third-order valence-electron chi connectivity index (χ3n) is 5.11. The minimum Gasteiger partial charge on any atom is -0.493 e. The number of nitrogens with zero attached hydrogens (tertiary/aromatic N) is 3. The summed E-state index contributed by atoms with van der Waals surface area (Å²) in [5, 5.41) is 8.13. The molecule has 31 heavy (non-hydrogen) atoms. The fourth-order valence-corrected chi connectivity index (χ4v) is 4.39. The van der Waals surface area contributed by atoms with Gasteiger partial charge in [-0.05, 0) is 44.9 Å². The first-order valence-corrected chi connectivity index (χ1v) is 11.1. The lowest BCUT2D eigenvalue weighted by atomic mass is 10.1. The largest absolute Gasteiger partial charge is 0.493 e. The standard InChI is InChI=1S/C23H30N4O3S/c1-13(2)12-27-15(4)18(14(3)26-27)11-21(28)24-23-25-22(16(5)31-23)17-8-9-19(29-6)20(10-17)30-7/h8-10,13H,11-12H2,1-7H3,(H,24,25,28). The van der Waals surface area contributed by atoms with E-state index in [4.69, 9.17) is 9.47 Å². The molecule has 0 spiro atoms. The first kappa shape index (κ1) is 22.8. The Hall–Kier alpha value is -2.87. The topological polar surface area (TPSA) is 78.3 Å². The lowest BCUT2D eigenvalue weighted by Gasteiger charge is -2.09. The van der Waals surface area contributed by atoms with Crippen molar-refractivity contribution in [1.82, 2.24) is 14.8 Å². The molecule has 2 heterocycles. The second-order valence-electron chi connectivity index (χ2n) is 7.94. The molecule has 1 aromatic carbocycles. The van der Waals surface area contributed by atoms with Crippen LogP contribution in [0.1, 0.15) is 35.7 Å². The number of carbonyl (C=O) groups is 1. The number of nitrogens with one attached hydrogen (secondary N) is 1. The quantitative estimate of drug-likeness (QED) is 0.543. The summed E-state index contributed by atoms with van der Waals surface area (Å²) in [6.45, 7) is 11.1. The molecule has 0 aliphatic rings. The van der Waals surface area contributed by atoms with Gasteiger partial charge in [-0.15, -0.1) is 11.3 Å². The number of hydrogen-bond acceptors (Lipinski definition) is 6. The van der Waals surface area contributed by atoms with Crippen LogP contribution in [0.3, 0.4) is 0 Å². The van der Waals surface area contributed by atoms with Gasteiger partial charge < -0.3 is 14.8 Å². The number of rotatable bonds is 8. The summed E-state index contributed by atoms with van der Waals surface area (Å²) in [5.74, 6) is 1.70. The van der Waals surface area contributed by atoms with Gasteiger partial charge in [0.15, 0.2) is 16.6 Å². The third-order valence-corrected chi connectivity index (χ3v) is 5.99. The fraction of sp³-hybridized carbons (Fsp3) is 0.435. The molecule has 0 aliphatic carbocycles. The molecule has 2 aromatic heterocycles. The molecule has 3 rings (SSSR count). The van der Waals surface area contributed by atoms with Crippen molar-refractivity contribution in [3.05, 3.63) is 40.0 Å². The zero-order valence-electron chi connectivity index (χ0n) is 19.2. The maximum Gasteiger partial charge on any atom is 0.230 e. The predicted molar refractivity (Wildman–Crippen MR) is 124 cm³/mol. The normalized spacial score (nSPS) is 11.1. The molecule has 8 heteroatoms. The Morgan fingerprint density at radius 1 is 1.16 bits per heavy atom. The molecule has 7 nitrogen and oxygen atoms in total. The Kier molecular flexibility index (Phi) is 7.00. The average Bonchev–Trinajstić information content (AvgIpc) is 3.20. The number of benzene rings is 1. The highest BCUT2D eigenvalue weighted by Crippen LogP contribution is 2.36. The van der Waals surface area contributed by atoms with Gasteiger partial charge in [0.05, 0.1) is 32.0 Å². The van der Waals surface area contributed by atoms with E-state index in [-0.39, 0.29) is 12.3 Å². The molecule has 3 aromatic rings. The van der Waals surface area contributed by atoms with E-state index >= 15 is 0 Å². The molecule has 166 valence electrons. The van der Waals surface area contributed by atoms with Crippen LogP contribution in [0.2, 0.25) is 0 Å². The highest BCUT2D eigenvalue weighted by Gasteiger charge is 2.18. The smallest absolute Gasteiger partial charge is 0.230 e. The molecule has 1 N–H and O–H groups in total. The monoisotopic (exact) mass is 442 g/mol. The SMILES string of the molecule is COc1ccc(-c2nc(NC(=O)Cc3c(C)nn(CC(C)C)c3C)sc2C)cc1OC. The van der Waals surface area contributed by atoms with E-state index in [1.807, 2.05) is 43.7 Å². The zero-order valence-corrected chi connectivity index (χ0v) is 20.0. The number of thiazole rings is 1. The summed E-state index contributed by atoms with van der Waals surface area (Å²) in [7, 11) is 3.21. The number of methoxy groups -OCH3 is 2. The number of anilines is 1. The van der Waals surface area contributed by atoms with Gasteiger partial charge in [0, 0.05) is 28.2 Å². The highest BCUT2D eigenvalue weighted by atomic mass is 32.1. The number of carbonyl (C=O) groups excluding carboxylic acids is 1. The molecular formula is C23H30N4O3S. The fourth-order valence-electron chi connectivity index (χ4n) is 3.54. The van der Waals surface area contributed by atoms with Gasteiger partial charge in [0.2, 0.25) is 5.91 Å². The van der Waals surface area contributed by atoms with E-state index in [2.05, 4.69) is 29.2 Å². The van der Waals surface area contributed by atoms with Crippen LogP contribution in [0, 0.1) is 26.7 Å². The first-order valence-electron chi connectivity index (χ1n) is 10.3. The Labute approximate surface area is 187 Å². The number of ether oxygens (including phenoxy) is 2. The summed E-state index contributed by atoms with van der Waals surface area (Å²) in [4.78, 5) is 18.4. The molecule has 0 radical (unpaired) electrons. The third kappa shape index (κ3) is 5.07. The predicted octanol–water partition coefficient (Wildman–Crippen LogP) is 4.79. The van der Waals surface area contributed by atoms with Gasteiger partial charge >= 0.3 is 0 Å². The lowest BCUT2D eigenvalue weighted by molar-refractivity contribution is -0.115. The van der Waals surface area contributed by atoms with Crippen LogP contribution in [-0.4, -0.2) is 34.9 Å². The number of amides is 1. The van der Waals surface area contributed by atoms with Crippen LogP contribution < -0.4 is 14.8 Å². The Balaban J connectivity index is 1.76. The van der Waals surface area contributed by atoms with E-state index in [1.165, 1.54) is 11.3 Å². The van der Waals surface area contributed by atoms with Crippen molar-refractivity contribution in [1.29, 1.82) is 0 Å². The molecule has 0 saturated heterocycles. The van der Waals surface area contributed by atoms with Crippen molar-refractivity contribution < 1.29 is 14.3 Å². The molecular weight excluding hydrogens is 412 g/mol. The second kappa shape index (κ2) is 9.51. The molecule has 1 amide bonds. The summed E-state index contributed by atoms with van der Waals surface area (Å²) < 4.78 is 12.7. The Morgan fingerprint density at radius 2 is 1.87 bits per heavy atom. The van der Waals surface area contributed by atoms with E-state index in [9.17, 15) is 4.79 Å². The van der Waals surface area contributed by atoms with Crippen molar-refractivity contribution in [3.8, 4) is 22.8 Å². The van der Waals surface area contributed by atoms with E-state index in [1.54, 1.807) is 14.2 Å². The van der Waals surface area contributed by atoms with E-state index in [0.717, 1.165) is 39.6 Å². The molecule has 0 aliphatic heterocycles. The Morgan fingerprint density at radius 3 is 2.52 bits per heavy atom. The van der Waals surface area contributed by atoms with Crippen molar-refractivity contribution in [2.45, 2.75) is 47.6 Å². The minimum atomic E-state index is -0.0945. The van der Waals surface area contributed by atoms with Crippen LogP contribution in [0.15, 0.2) is 18.2 Å². The van der Waals surface area contributed by atoms with Gasteiger partial charge in [0.1, 0.15) is 0 Å². The first-order chi connectivity index (χ1) is 14.7. The van der Waals surface area contributed by atoms with Gasteiger partial charge in [0.25, 0.3) is 0 Å². The Bertz CT molecular complexity index is 1080. The van der Waals surface area contributed by atoms with Gasteiger partial charge in [-0.25, -0.2) is 4.98 Å². The average molecular weight is 443 g/mol. The van der Waals surface area contributed by atoms with Crippen molar-refractivity contribution >= 4 is 22.4 Å². The number of hydrogen-bond donors (Lipinski definition) is 1. The molecule has 0 fully saturated rings. The van der Waals surface area contributed by atoms with Crippen molar-refractivity contribution in [3.63, 3.8) is 0 Å². The van der Waals surface area contributed by atoms with Gasteiger partial charge in [-0.2, -0.15) is 5.10 Å². The summed E-state index contributed by atoms with van der Waals surface area (Å²) in [6, 6.07) is 5.68. The number of aryl methyl sites for hydroxylation is 2. The summed E-state index contributed by atoms with van der Waals surface area (Å²) in [6.07, 6.45) is 0.278. The van der Waals surface area contributed by atoms with Crippen molar-refractivity contribution in [2.24, 2.45) is 5.92 Å². The maximum atomic E-state index is 12.7. The molecule has 0 unspecified atom stereocenters. The zero-order chi connectivity index (χ0) is 22.7. The van der Waals surface area contributed by atoms with Crippen LogP contribution in [0.5, 0.6) is 11.5 Å². The number of aromatic nitrogens is 3. The van der Waals surface area contributed by atoms with Crippen LogP contribution in [0.25, 0.3) is 11.3 Å². The van der Waals surface area contributed by atoms with Crippen LogP contribution in [-0.2, 0) is 17.8 Å². The second-order valence-corrected chi connectivity index (χ2v) is 9.15. The van der Waals surface area contributed by atoms with Gasteiger partial charge in [-0.3, -0.25) is 9.48 Å². The van der Waals surface area contributed by atoms with Crippen LogP contribution >= 0.6 is 11.3 Å². The molecule has 0 saturated carbocycles. The van der Waals surface area contributed by atoms with E-state index < -0.39 is 0 Å². The lowest BCUT2D eigenvalue weighted by Crippen LogP contribution is -2.15. The van der Waals surface area contributed by atoms with E-state index in [0.29, 0.717) is 22.5 Å². The minimum absolute atomic E-state index is 0.0945. The van der Waals surface area contributed by atoms with Crippen LogP contribution in [0.4, 0.5) is 5.13 Å². The van der Waals surface area contributed by atoms with Gasteiger partial charge in [-0.1, -0.05) is 13.8 Å². The highest BCUT2D eigenvalue weighted by molar-refractivity contribution is 7.16. The molecule has 0 bridgehead atoms. The maximum absolute atomic E-state index is 12.7. The van der Waals surface area contributed by atoms with Crippen molar-refractivity contribution in [2.75, 3.05) is 19.5 Å². The summed E-state index contributed by atoms with van der Waals surface area (Å²) >= 11 is 1.46. The molecule has 0 atom stereocenters. The summed E-state index contributed by atoms with van der Waals surface area (Å²) in [5.41, 5.74) is 4.65.